The summed E-state index contributed by atoms with van der Waals surface area (Å²) < 4.78 is 0. The van der Waals surface area contributed by atoms with E-state index in [4.69, 9.17) is 5.11 Å². The van der Waals surface area contributed by atoms with Gasteiger partial charge in [0.1, 0.15) is 5.75 Å². The van der Waals surface area contributed by atoms with Crippen molar-refractivity contribution in [2.45, 2.75) is 65.2 Å². The van der Waals surface area contributed by atoms with E-state index in [1.54, 1.807) is 6.07 Å². The summed E-state index contributed by atoms with van der Waals surface area (Å²) >= 11 is 0. The van der Waals surface area contributed by atoms with Crippen LogP contribution in [0.3, 0.4) is 0 Å². The number of benzene rings is 1. The Morgan fingerprint density at radius 1 is 1.25 bits per heavy atom. The van der Waals surface area contributed by atoms with Crippen LogP contribution in [0.15, 0.2) is 24.3 Å². The molecule has 32 heavy (non-hydrogen) atoms. The fourth-order valence-electron chi connectivity index (χ4n) is 4.60. The van der Waals surface area contributed by atoms with Crippen LogP contribution in [0.25, 0.3) is 0 Å². The highest BCUT2D eigenvalue weighted by Crippen LogP contribution is 2.40. The highest BCUT2D eigenvalue weighted by Gasteiger charge is 2.37. The summed E-state index contributed by atoms with van der Waals surface area (Å²) in [6.45, 7) is 13.2. The molecule has 7 nitrogen and oxygen atoms in total. The molecule has 2 atom stereocenters. The molecule has 0 bridgehead atoms. The lowest BCUT2D eigenvalue weighted by Crippen LogP contribution is -2.48. The standard InChI is InChI=1S/C25H40N2O4.H2O/c1-19(2)17-27(23(29)10-6-11-24(30)31)14-7-13-26-15-12-25(4,20(3)18-26)21-8-5-9-22(28)16-21;/h5,8-9,16,19-20,28H,6-7,10-15,17-18H2,1-4H3,(H,30,31);1H2. The van der Waals surface area contributed by atoms with Crippen LogP contribution in [-0.4, -0.2) is 70.1 Å². The number of carboxylic acid groups (broad SMARTS) is 1. The Morgan fingerprint density at radius 2 is 1.97 bits per heavy atom. The number of phenolic OH excluding ortho intramolecular Hbond substituents is 1. The van der Waals surface area contributed by atoms with Crippen molar-refractivity contribution < 1.29 is 25.3 Å². The maximum absolute atomic E-state index is 12.6. The molecule has 1 fully saturated rings. The molecule has 2 unspecified atom stereocenters. The van der Waals surface area contributed by atoms with Gasteiger partial charge in [0.2, 0.25) is 5.91 Å². The number of hydrogen-bond donors (Lipinski definition) is 2. The third kappa shape index (κ3) is 8.10. The van der Waals surface area contributed by atoms with Crippen molar-refractivity contribution in [3.05, 3.63) is 29.8 Å². The summed E-state index contributed by atoms with van der Waals surface area (Å²) in [5, 5.41) is 18.7. The second-order valence-corrected chi connectivity index (χ2v) is 9.75. The molecule has 0 aromatic heterocycles. The number of nitrogens with zero attached hydrogens (tertiary/aromatic N) is 2. The molecule has 182 valence electrons. The van der Waals surface area contributed by atoms with Gasteiger partial charge in [-0.25, -0.2) is 0 Å². The van der Waals surface area contributed by atoms with Crippen LogP contribution in [0.4, 0.5) is 0 Å². The molecule has 1 amide bonds. The summed E-state index contributed by atoms with van der Waals surface area (Å²) in [4.78, 5) is 27.7. The number of hydrogen-bond acceptors (Lipinski definition) is 4. The van der Waals surface area contributed by atoms with Crippen LogP contribution in [0, 0.1) is 11.8 Å². The molecular formula is C25H42N2O5. The third-order valence-electron chi connectivity index (χ3n) is 6.69. The van der Waals surface area contributed by atoms with E-state index in [1.807, 2.05) is 17.0 Å². The number of likely N-dealkylation sites (tertiary alicyclic amines) is 1. The van der Waals surface area contributed by atoms with Crippen LogP contribution in [0.5, 0.6) is 5.75 Å². The predicted octanol–water partition coefficient (Wildman–Crippen LogP) is 3.30. The van der Waals surface area contributed by atoms with Crippen LogP contribution in [-0.2, 0) is 15.0 Å². The van der Waals surface area contributed by atoms with Crippen LogP contribution >= 0.6 is 0 Å². The minimum absolute atomic E-state index is 0. The second kappa shape index (κ2) is 12.8. The van der Waals surface area contributed by atoms with Crippen LogP contribution < -0.4 is 0 Å². The molecule has 7 heteroatoms. The molecule has 1 heterocycles. The van der Waals surface area contributed by atoms with E-state index in [9.17, 15) is 14.7 Å². The summed E-state index contributed by atoms with van der Waals surface area (Å²) in [6.07, 6.45) is 2.72. The molecule has 0 spiro atoms. The van der Waals surface area contributed by atoms with E-state index >= 15 is 0 Å². The van der Waals surface area contributed by atoms with Gasteiger partial charge in [-0.05, 0) is 67.3 Å². The number of phenols is 1. The van der Waals surface area contributed by atoms with Gasteiger partial charge in [-0.15, -0.1) is 0 Å². The molecule has 1 aromatic rings. The SMILES string of the molecule is CC(C)CN(CCCN1CCC(C)(c2cccc(O)c2)C(C)C1)C(=O)CCCC(=O)O.O. The Kier molecular flexibility index (Phi) is 11.2. The average molecular weight is 451 g/mol. The van der Waals surface area contributed by atoms with Gasteiger partial charge in [0.15, 0.2) is 0 Å². The summed E-state index contributed by atoms with van der Waals surface area (Å²) in [7, 11) is 0. The first-order valence-corrected chi connectivity index (χ1v) is 11.6. The number of aliphatic carboxylic acids is 1. The first-order valence-electron chi connectivity index (χ1n) is 11.6. The number of piperidine rings is 1. The van der Waals surface area contributed by atoms with E-state index in [-0.39, 0.29) is 23.2 Å². The van der Waals surface area contributed by atoms with Gasteiger partial charge in [-0.3, -0.25) is 9.59 Å². The van der Waals surface area contributed by atoms with Crippen molar-refractivity contribution in [2.24, 2.45) is 11.8 Å². The molecule has 4 N–H and O–H groups in total. The number of carbonyl (C=O) groups excluding carboxylic acids is 1. The molecule has 1 aliphatic heterocycles. The Morgan fingerprint density at radius 3 is 2.56 bits per heavy atom. The number of rotatable bonds is 11. The van der Waals surface area contributed by atoms with Gasteiger partial charge < -0.3 is 25.5 Å². The Hall–Kier alpha value is -2.12. The molecule has 1 saturated heterocycles. The maximum atomic E-state index is 12.6. The van der Waals surface area contributed by atoms with Crippen LogP contribution in [0.1, 0.15) is 65.4 Å². The number of carboxylic acids is 1. The van der Waals surface area contributed by atoms with E-state index in [2.05, 4.69) is 38.7 Å². The number of carbonyl (C=O) groups is 2. The van der Waals surface area contributed by atoms with Crippen molar-refractivity contribution in [3.63, 3.8) is 0 Å². The van der Waals surface area contributed by atoms with Gasteiger partial charge >= 0.3 is 5.97 Å². The molecule has 0 radical (unpaired) electrons. The minimum atomic E-state index is -0.847. The average Bonchev–Trinajstić information content (AvgIpc) is 2.69. The predicted molar refractivity (Wildman–Crippen MR) is 127 cm³/mol. The van der Waals surface area contributed by atoms with Crippen molar-refractivity contribution >= 4 is 11.9 Å². The quantitative estimate of drug-likeness (QED) is 0.537. The van der Waals surface area contributed by atoms with Crippen molar-refractivity contribution in [1.29, 1.82) is 0 Å². The number of amides is 1. The zero-order valence-electron chi connectivity index (χ0n) is 20.1. The third-order valence-corrected chi connectivity index (χ3v) is 6.69. The van der Waals surface area contributed by atoms with Crippen molar-refractivity contribution in [2.75, 3.05) is 32.7 Å². The van der Waals surface area contributed by atoms with Gasteiger partial charge in [0.25, 0.3) is 0 Å². The van der Waals surface area contributed by atoms with E-state index < -0.39 is 5.97 Å². The minimum Gasteiger partial charge on any atom is -0.508 e. The first kappa shape index (κ1) is 27.9. The monoisotopic (exact) mass is 450 g/mol. The van der Waals surface area contributed by atoms with Gasteiger partial charge in [0, 0.05) is 32.5 Å². The largest absolute Gasteiger partial charge is 0.508 e. The summed E-state index contributed by atoms with van der Waals surface area (Å²) in [6, 6.07) is 7.65. The molecule has 0 aliphatic carbocycles. The van der Waals surface area contributed by atoms with E-state index in [0.717, 1.165) is 45.6 Å². The lowest BCUT2D eigenvalue weighted by atomic mass is 9.68. The highest BCUT2D eigenvalue weighted by atomic mass is 16.4. The Bertz CT molecular complexity index is 739. The maximum Gasteiger partial charge on any atom is 0.303 e. The van der Waals surface area contributed by atoms with Crippen molar-refractivity contribution in [3.8, 4) is 5.75 Å². The van der Waals surface area contributed by atoms with Crippen molar-refractivity contribution in [1.82, 2.24) is 9.80 Å². The van der Waals surface area contributed by atoms with E-state index in [0.29, 0.717) is 30.4 Å². The molecule has 1 aliphatic rings. The molecule has 0 saturated carbocycles. The van der Waals surface area contributed by atoms with Crippen LogP contribution in [0.2, 0.25) is 0 Å². The van der Waals surface area contributed by atoms with Gasteiger partial charge in [0.05, 0.1) is 0 Å². The molecule has 1 aromatic carbocycles. The van der Waals surface area contributed by atoms with E-state index in [1.165, 1.54) is 5.56 Å². The fraction of sp³-hybridized carbons (Fsp3) is 0.680. The molecular weight excluding hydrogens is 408 g/mol. The normalized spacial score (nSPS) is 21.2. The Labute approximate surface area is 192 Å². The van der Waals surface area contributed by atoms with Gasteiger partial charge in [-0.2, -0.15) is 0 Å². The zero-order valence-corrected chi connectivity index (χ0v) is 20.1. The lowest BCUT2D eigenvalue weighted by Gasteiger charge is -2.45. The fourth-order valence-corrected chi connectivity index (χ4v) is 4.60. The highest BCUT2D eigenvalue weighted by molar-refractivity contribution is 5.77. The molecule has 2 rings (SSSR count). The van der Waals surface area contributed by atoms with Gasteiger partial charge in [-0.1, -0.05) is 39.8 Å². The lowest BCUT2D eigenvalue weighted by molar-refractivity contribution is -0.137. The smallest absolute Gasteiger partial charge is 0.303 e. The number of aromatic hydroxyl groups is 1. The first-order chi connectivity index (χ1) is 14.6. The zero-order chi connectivity index (χ0) is 23.0. The summed E-state index contributed by atoms with van der Waals surface area (Å²) in [5.41, 5.74) is 1.26. The summed E-state index contributed by atoms with van der Waals surface area (Å²) in [5.74, 6) is 0.402. The second-order valence-electron chi connectivity index (χ2n) is 9.75. The topological polar surface area (TPSA) is 113 Å². The Balaban J connectivity index is 0.00000512.